The monoisotopic (exact) mass is 523 g/mol. The number of amides is 1. The minimum Gasteiger partial charge on any atom is -0.396 e. The van der Waals surface area contributed by atoms with Crippen molar-refractivity contribution in [3.63, 3.8) is 0 Å². The molecule has 37 heavy (non-hydrogen) atoms. The van der Waals surface area contributed by atoms with E-state index >= 15 is 0 Å². The normalized spacial score (nSPS) is 10.6. The van der Waals surface area contributed by atoms with Gasteiger partial charge in [0, 0.05) is 38.5 Å². The van der Waals surface area contributed by atoms with E-state index in [0.29, 0.717) is 27.7 Å². The van der Waals surface area contributed by atoms with Gasteiger partial charge in [-0.05, 0) is 30.2 Å². The van der Waals surface area contributed by atoms with Crippen LogP contribution in [0, 0.1) is 0 Å². The van der Waals surface area contributed by atoms with E-state index in [1.54, 1.807) is 32.3 Å². The number of hydrogen-bond acceptors (Lipinski definition) is 9. The van der Waals surface area contributed by atoms with Crippen molar-refractivity contribution in [3.05, 3.63) is 76.7 Å². The molecule has 0 fully saturated rings. The highest BCUT2D eigenvalue weighted by atomic mass is 35.5. The van der Waals surface area contributed by atoms with E-state index in [4.69, 9.17) is 27.0 Å². The number of rotatable bonds is 7. The van der Waals surface area contributed by atoms with Crippen LogP contribution in [0.5, 0.6) is 0 Å². The summed E-state index contributed by atoms with van der Waals surface area (Å²) in [5, 5.41) is 15.8. The molecule has 4 N–H and O–H groups in total. The summed E-state index contributed by atoms with van der Waals surface area (Å²) in [6.45, 7) is 4.16. The smallest absolute Gasteiger partial charge is 0.263 e. The van der Waals surface area contributed by atoms with Crippen LogP contribution in [0.25, 0.3) is 11.5 Å². The number of halogens is 1. The molecule has 0 aliphatic rings. The first kappa shape index (κ1) is 27.6. The van der Waals surface area contributed by atoms with Crippen molar-refractivity contribution in [3.8, 4) is 11.5 Å². The number of nitrogens with two attached hydrogens (primary N) is 1. The van der Waals surface area contributed by atoms with Crippen LogP contribution in [0.3, 0.4) is 0 Å². The van der Waals surface area contributed by atoms with Gasteiger partial charge in [-0.3, -0.25) is 4.79 Å². The third kappa shape index (κ3) is 7.48. The number of aliphatic hydroxyl groups excluding tert-OH is 1. The number of hydrogen-bond donors (Lipinski definition) is 3. The van der Waals surface area contributed by atoms with Gasteiger partial charge < -0.3 is 25.6 Å². The second-order valence-electron chi connectivity index (χ2n) is 8.58. The van der Waals surface area contributed by atoms with Crippen LogP contribution in [0.2, 0.25) is 5.02 Å². The zero-order valence-corrected chi connectivity index (χ0v) is 21.9. The van der Waals surface area contributed by atoms with Crippen molar-refractivity contribution in [1.29, 1.82) is 0 Å². The van der Waals surface area contributed by atoms with E-state index in [-0.39, 0.29) is 36.1 Å². The molecule has 4 aromatic rings. The molecule has 0 atom stereocenters. The minimum absolute atomic E-state index is 0.132. The number of anilines is 3. The summed E-state index contributed by atoms with van der Waals surface area (Å²) in [6, 6.07) is 14.9. The molecule has 1 amide bonds. The summed E-state index contributed by atoms with van der Waals surface area (Å²) in [5.74, 6) is 1.27. The van der Waals surface area contributed by atoms with Crippen molar-refractivity contribution in [2.24, 2.45) is 0 Å². The molecule has 194 valence electrons. The summed E-state index contributed by atoms with van der Waals surface area (Å²) in [7, 11) is 3.33. The molecule has 0 aliphatic heterocycles. The Hall–Kier alpha value is -4.02. The standard InChI is InChI=1S/C18H20ClN7O2.C8H10O/c1-9(2)15-24-16(28-25-15)12-8-21-18(23-14(12)20)22-10-5-6-11(13(19)7-10)17(27)26(3)4;9-7-6-8-4-2-1-3-5-8/h5-9H,1-4H3,(H3,20,21,22,23);1-5,9H,6-7H2. The number of nitrogens with one attached hydrogen (secondary N) is 1. The molecule has 2 heterocycles. The zero-order chi connectivity index (χ0) is 26.9. The van der Waals surface area contributed by atoms with Crippen LogP contribution < -0.4 is 11.1 Å². The number of aliphatic hydroxyl groups is 1. The first-order valence-electron chi connectivity index (χ1n) is 11.6. The molecule has 4 rings (SSSR count). The van der Waals surface area contributed by atoms with E-state index in [9.17, 15) is 4.79 Å². The lowest BCUT2D eigenvalue weighted by atomic mass is 10.2. The van der Waals surface area contributed by atoms with Crippen LogP contribution in [0.1, 0.15) is 41.5 Å². The predicted octanol–water partition coefficient (Wildman–Crippen LogP) is 4.55. The van der Waals surface area contributed by atoms with E-state index in [1.165, 1.54) is 16.7 Å². The molecule has 0 unspecified atom stereocenters. The highest BCUT2D eigenvalue weighted by Crippen LogP contribution is 2.27. The third-order valence-corrected chi connectivity index (χ3v) is 5.42. The molecule has 0 saturated heterocycles. The molecule has 0 saturated carbocycles. The van der Waals surface area contributed by atoms with E-state index in [2.05, 4.69) is 25.4 Å². The molecule has 0 aliphatic carbocycles. The number of benzene rings is 2. The Kier molecular flexibility index (Phi) is 9.53. The Labute approximate surface area is 220 Å². The largest absolute Gasteiger partial charge is 0.396 e. The van der Waals surface area contributed by atoms with Crippen LogP contribution in [-0.2, 0) is 6.42 Å². The number of nitrogen functional groups attached to an aromatic ring is 1. The Morgan fingerprint density at radius 3 is 2.46 bits per heavy atom. The zero-order valence-electron chi connectivity index (χ0n) is 21.1. The van der Waals surface area contributed by atoms with Crippen LogP contribution in [0.15, 0.2) is 59.3 Å². The van der Waals surface area contributed by atoms with Crippen molar-refractivity contribution >= 4 is 35.0 Å². The van der Waals surface area contributed by atoms with Gasteiger partial charge in [0.2, 0.25) is 5.95 Å². The topological polar surface area (TPSA) is 143 Å². The maximum Gasteiger partial charge on any atom is 0.263 e. The molecule has 0 radical (unpaired) electrons. The van der Waals surface area contributed by atoms with Crippen molar-refractivity contribution in [2.45, 2.75) is 26.2 Å². The molecular weight excluding hydrogens is 494 g/mol. The van der Waals surface area contributed by atoms with Gasteiger partial charge in [0.1, 0.15) is 11.4 Å². The number of aromatic nitrogens is 4. The molecule has 2 aromatic heterocycles. The number of carbonyl (C=O) groups is 1. The second kappa shape index (κ2) is 12.8. The molecule has 0 spiro atoms. The van der Waals surface area contributed by atoms with Crippen molar-refractivity contribution in [2.75, 3.05) is 31.8 Å². The summed E-state index contributed by atoms with van der Waals surface area (Å²) in [6.07, 6.45) is 2.27. The Balaban J connectivity index is 0.000000356. The lowest BCUT2D eigenvalue weighted by Crippen LogP contribution is -2.21. The molecular formula is C26H30ClN7O3. The highest BCUT2D eigenvalue weighted by molar-refractivity contribution is 6.34. The molecule has 10 nitrogen and oxygen atoms in total. The maximum absolute atomic E-state index is 12.1. The van der Waals surface area contributed by atoms with Gasteiger partial charge in [0.25, 0.3) is 11.8 Å². The van der Waals surface area contributed by atoms with Crippen LogP contribution in [0.4, 0.5) is 17.5 Å². The number of nitrogens with zero attached hydrogens (tertiary/aromatic N) is 5. The van der Waals surface area contributed by atoms with Crippen molar-refractivity contribution in [1.82, 2.24) is 25.0 Å². The van der Waals surface area contributed by atoms with Gasteiger partial charge in [-0.15, -0.1) is 0 Å². The fourth-order valence-electron chi connectivity index (χ4n) is 3.11. The molecule has 0 bridgehead atoms. The van der Waals surface area contributed by atoms with Crippen LogP contribution >= 0.6 is 11.6 Å². The Morgan fingerprint density at radius 2 is 1.89 bits per heavy atom. The summed E-state index contributed by atoms with van der Waals surface area (Å²) < 4.78 is 5.23. The fraction of sp³-hybridized carbons (Fsp3) is 0.269. The van der Waals surface area contributed by atoms with E-state index < -0.39 is 0 Å². The van der Waals surface area contributed by atoms with Gasteiger partial charge in [0.05, 0.1) is 10.6 Å². The van der Waals surface area contributed by atoms with Gasteiger partial charge in [-0.2, -0.15) is 9.97 Å². The average molecular weight is 524 g/mol. The average Bonchev–Trinajstić information content (AvgIpc) is 3.36. The maximum atomic E-state index is 12.1. The minimum atomic E-state index is -0.179. The third-order valence-electron chi connectivity index (χ3n) is 5.11. The SMILES string of the molecule is CC(C)c1noc(-c2cnc(Nc3ccc(C(=O)N(C)C)c(Cl)c3)nc2N)n1.OCCc1ccccc1. The van der Waals surface area contributed by atoms with E-state index in [1.807, 2.05) is 44.2 Å². The highest BCUT2D eigenvalue weighted by Gasteiger charge is 2.17. The first-order chi connectivity index (χ1) is 17.7. The summed E-state index contributed by atoms with van der Waals surface area (Å²) >= 11 is 6.22. The van der Waals surface area contributed by atoms with Crippen molar-refractivity contribution < 1.29 is 14.4 Å². The first-order valence-corrected chi connectivity index (χ1v) is 12.0. The van der Waals surface area contributed by atoms with Gasteiger partial charge in [-0.25, -0.2) is 4.98 Å². The molecule has 11 heteroatoms. The summed E-state index contributed by atoms with van der Waals surface area (Å²) in [5.41, 5.74) is 8.70. The predicted molar refractivity (Wildman–Crippen MR) is 144 cm³/mol. The van der Waals surface area contributed by atoms with Crippen LogP contribution in [-0.4, -0.2) is 56.7 Å². The quantitative estimate of drug-likeness (QED) is 0.317. The second-order valence-corrected chi connectivity index (χ2v) is 8.99. The Morgan fingerprint density at radius 1 is 1.16 bits per heavy atom. The fourth-order valence-corrected chi connectivity index (χ4v) is 3.37. The van der Waals surface area contributed by atoms with Gasteiger partial charge in [-0.1, -0.05) is 60.9 Å². The van der Waals surface area contributed by atoms with Gasteiger partial charge >= 0.3 is 0 Å². The van der Waals surface area contributed by atoms with E-state index in [0.717, 1.165) is 6.42 Å². The van der Waals surface area contributed by atoms with Gasteiger partial charge in [0.15, 0.2) is 5.82 Å². The lowest BCUT2D eigenvalue weighted by molar-refractivity contribution is 0.0828. The molecule has 2 aromatic carbocycles. The Bertz CT molecular complexity index is 1330. The number of carbonyl (C=O) groups excluding carboxylic acids is 1. The summed E-state index contributed by atoms with van der Waals surface area (Å²) in [4.78, 5) is 26.3. The lowest BCUT2D eigenvalue weighted by Gasteiger charge is -2.13.